The van der Waals surface area contributed by atoms with Crippen molar-refractivity contribution >= 4 is 5.91 Å². The fraction of sp³-hybridized carbons (Fsp3) is 0.909. The van der Waals surface area contributed by atoms with Crippen molar-refractivity contribution in [2.45, 2.75) is 26.8 Å². The van der Waals surface area contributed by atoms with Gasteiger partial charge in [0.25, 0.3) is 0 Å². The molecule has 0 radical (unpaired) electrons. The molecule has 4 heteroatoms. The summed E-state index contributed by atoms with van der Waals surface area (Å²) in [7, 11) is 0. The highest BCUT2D eigenvalue weighted by atomic mass is 16.5. The van der Waals surface area contributed by atoms with Crippen LogP contribution in [0.15, 0.2) is 0 Å². The van der Waals surface area contributed by atoms with Crippen LogP contribution in [0.3, 0.4) is 0 Å². The average Bonchev–Trinajstić information content (AvgIpc) is 2.20. The van der Waals surface area contributed by atoms with Crippen molar-refractivity contribution in [1.82, 2.24) is 4.90 Å². The van der Waals surface area contributed by atoms with Crippen molar-refractivity contribution < 1.29 is 9.53 Å². The Balaban J connectivity index is 2.64. The number of hydrogen-bond donors (Lipinski definition) is 1. The number of amides is 1. The molecular formula is C11H22N2O2. The van der Waals surface area contributed by atoms with E-state index in [4.69, 9.17) is 10.5 Å². The van der Waals surface area contributed by atoms with Gasteiger partial charge in [0.15, 0.2) is 0 Å². The highest BCUT2D eigenvalue weighted by Crippen LogP contribution is 2.17. The summed E-state index contributed by atoms with van der Waals surface area (Å²) in [6.07, 6.45) is 0. The summed E-state index contributed by atoms with van der Waals surface area (Å²) in [6, 6.07) is 0.209. The van der Waals surface area contributed by atoms with E-state index < -0.39 is 0 Å². The largest absolute Gasteiger partial charge is 0.369 e. The molecule has 0 aromatic heterocycles. The second-order valence-corrected chi connectivity index (χ2v) is 4.71. The molecule has 1 amide bonds. The van der Waals surface area contributed by atoms with Crippen LogP contribution in [0, 0.1) is 11.8 Å². The second kappa shape index (κ2) is 5.47. The van der Waals surface area contributed by atoms with E-state index in [0.29, 0.717) is 25.0 Å². The summed E-state index contributed by atoms with van der Waals surface area (Å²) in [4.78, 5) is 13.7. The molecule has 2 N–H and O–H groups in total. The van der Waals surface area contributed by atoms with Gasteiger partial charge in [0.05, 0.1) is 12.6 Å². The third kappa shape index (κ3) is 3.18. The summed E-state index contributed by atoms with van der Waals surface area (Å²) in [6.45, 7) is 8.55. The molecule has 2 unspecified atom stereocenters. The molecule has 0 aliphatic carbocycles. The van der Waals surface area contributed by atoms with E-state index in [9.17, 15) is 4.79 Å². The molecule has 1 aliphatic heterocycles. The molecule has 1 saturated heterocycles. The van der Waals surface area contributed by atoms with Gasteiger partial charge in [-0.25, -0.2) is 0 Å². The van der Waals surface area contributed by atoms with Crippen molar-refractivity contribution in [2.24, 2.45) is 17.6 Å². The lowest BCUT2D eigenvalue weighted by Crippen LogP contribution is -2.53. The molecule has 1 fully saturated rings. The van der Waals surface area contributed by atoms with Crippen molar-refractivity contribution in [3.8, 4) is 0 Å². The standard InChI is InChI=1S/C11H22N2O2/c1-8(2)10-6-15-7-11(14)13(10)5-9(3)4-12/h8-10H,4-7,12H2,1-3H3. The molecule has 0 aromatic rings. The minimum absolute atomic E-state index is 0.0975. The van der Waals surface area contributed by atoms with Crippen molar-refractivity contribution in [2.75, 3.05) is 26.3 Å². The maximum atomic E-state index is 11.7. The van der Waals surface area contributed by atoms with Crippen LogP contribution >= 0.6 is 0 Å². The van der Waals surface area contributed by atoms with Crippen molar-refractivity contribution in [3.05, 3.63) is 0 Å². The fourth-order valence-corrected chi connectivity index (χ4v) is 1.82. The van der Waals surface area contributed by atoms with Crippen LogP contribution in [-0.4, -0.2) is 43.2 Å². The second-order valence-electron chi connectivity index (χ2n) is 4.71. The number of carbonyl (C=O) groups excluding carboxylic acids is 1. The van der Waals surface area contributed by atoms with E-state index in [0.717, 1.165) is 6.54 Å². The first-order chi connectivity index (χ1) is 7.06. The highest BCUT2D eigenvalue weighted by molar-refractivity contribution is 5.78. The SMILES string of the molecule is CC(CN)CN1C(=O)COCC1C(C)C. The van der Waals surface area contributed by atoms with Crippen LogP contribution in [0.25, 0.3) is 0 Å². The molecular weight excluding hydrogens is 192 g/mol. The zero-order chi connectivity index (χ0) is 11.4. The van der Waals surface area contributed by atoms with Gasteiger partial charge in [0, 0.05) is 6.54 Å². The molecule has 0 spiro atoms. The van der Waals surface area contributed by atoms with Gasteiger partial charge in [0.2, 0.25) is 5.91 Å². The fourth-order valence-electron chi connectivity index (χ4n) is 1.82. The summed E-state index contributed by atoms with van der Waals surface area (Å²) >= 11 is 0. The lowest BCUT2D eigenvalue weighted by atomic mass is 10.0. The van der Waals surface area contributed by atoms with Gasteiger partial charge in [-0.3, -0.25) is 4.79 Å². The molecule has 1 rings (SSSR count). The van der Waals surface area contributed by atoms with E-state index in [2.05, 4.69) is 20.8 Å². The third-order valence-electron chi connectivity index (χ3n) is 2.92. The number of ether oxygens (including phenoxy) is 1. The predicted molar refractivity (Wildman–Crippen MR) is 59.4 cm³/mol. The highest BCUT2D eigenvalue weighted by Gasteiger charge is 2.31. The predicted octanol–water partition coefficient (Wildman–Crippen LogP) is 0.465. The summed E-state index contributed by atoms with van der Waals surface area (Å²) in [5, 5.41) is 0. The van der Waals surface area contributed by atoms with Crippen molar-refractivity contribution in [3.63, 3.8) is 0 Å². The first-order valence-corrected chi connectivity index (χ1v) is 5.63. The Bertz CT molecular complexity index is 219. The number of morpholine rings is 1. The number of nitrogens with two attached hydrogens (primary N) is 1. The van der Waals surface area contributed by atoms with Crippen LogP contribution < -0.4 is 5.73 Å². The van der Waals surface area contributed by atoms with Crippen LogP contribution in [0.1, 0.15) is 20.8 Å². The van der Waals surface area contributed by atoms with Crippen LogP contribution in [0.5, 0.6) is 0 Å². The molecule has 4 nitrogen and oxygen atoms in total. The third-order valence-corrected chi connectivity index (χ3v) is 2.92. The molecule has 0 saturated carbocycles. The summed E-state index contributed by atoms with van der Waals surface area (Å²) in [5.41, 5.74) is 5.59. The van der Waals surface area contributed by atoms with E-state index in [1.807, 2.05) is 4.90 Å². The lowest BCUT2D eigenvalue weighted by molar-refractivity contribution is -0.151. The molecule has 1 aliphatic rings. The number of carbonyl (C=O) groups is 1. The molecule has 0 bridgehead atoms. The zero-order valence-electron chi connectivity index (χ0n) is 9.90. The Morgan fingerprint density at radius 2 is 2.20 bits per heavy atom. The molecule has 1 heterocycles. The molecule has 88 valence electrons. The van der Waals surface area contributed by atoms with Crippen molar-refractivity contribution in [1.29, 1.82) is 0 Å². The number of rotatable bonds is 4. The Morgan fingerprint density at radius 1 is 1.53 bits per heavy atom. The molecule has 0 aromatic carbocycles. The Kier molecular flexibility index (Phi) is 4.54. The maximum absolute atomic E-state index is 11.7. The van der Waals surface area contributed by atoms with Crippen LogP contribution in [-0.2, 0) is 9.53 Å². The Morgan fingerprint density at radius 3 is 2.73 bits per heavy atom. The van der Waals surface area contributed by atoms with Crippen LogP contribution in [0.4, 0.5) is 0 Å². The first-order valence-electron chi connectivity index (χ1n) is 5.63. The maximum Gasteiger partial charge on any atom is 0.248 e. The summed E-state index contributed by atoms with van der Waals surface area (Å²) in [5.74, 6) is 0.882. The molecule has 15 heavy (non-hydrogen) atoms. The van der Waals surface area contributed by atoms with Gasteiger partial charge in [-0.05, 0) is 18.4 Å². The smallest absolute Gasteiger partial charge is 0.248 e. The van der Waals surface area contributed by atoms with Gasteiger partial charge in [-0.1, -0.05) is 20.8 Å². The number of nitrogens with zero attached hydrogens (tertiary/aromatic N) is 1. The average molecular weight is 214 g/mol. The monoisotopic (exact) mass is 214 g/mol. The van der Waals surface area contributed by atoms with Gasteiger partial charge < -0.3 is 15.4 Å². The number of hydrogen-bond acceptors (Lipinski definition) is 3. The van der Waals surface area contributed by atoms with E-state index >= 15 is 0 Å². The Labute approximate surface area is 91.8 Å². The van der Waals surface area contributed by atoms with Gasteiger partial charge in [0.1, 0.15) is 6.61 Å². The lowest BCUT2D eigenvalue weighted by Gasteiger charge is -2.39. The zero-order valence-corrected chi connectivity index (χ0v) is 9.90. The quantitative estimate of drug-likeness (QED) is 0.740. The van der Waals surface area contributed by atoms with E-state index in [1.165, 1.54) is 0 Å². The van der Waals surface area contributed by atoms with Crippen LogP contribution in [0.2, 0.25) is 0 Å². The van der Waals surface area contributed by atoms with E-state index in [1.54, 1.807) is 0 Å². The van der Waals surface area contributed by atoms with Gasteiger partial charge >= 0.3 is 0 Å². The Hall–Kier alpha value is -0.610. The molecule has 2 atom stereocenters. The summed E-state index contributed by atoms with van der Waals surface area (Å²) < 4.78 is 5.28. The van der Waals surface area contributed by atoms with E-state index in [-0.39, 0.29) is 18.6 Å². The minimum atomic E-state index is 0.0975. The minimum Gasteiger partial charge on any atom is -0.369 e. The first kappa shape index (κ1) is 12.5. The van der Waals surface area contributed by atoms with Gasteiger partial charge in [-0.15, -0.1) is 0 Å². The topological polar surface area (TPSA) is 55.6 Å². The van der Waals surface area contributed by atoms with Gasteiger partial charge in [-0.2, -0.15) is 0 Å². The normalized spacial score (nSPS) is 24.7.